The Hall–Kier alpha value is -3.23. The second kappa shape index (κ2) is 5.88. The molecule has 0 aliphatic heterocycles. The molecule has 28 heavy (non-hydrogen) atoms. The topological polar surface area (TPSA) is 48.6 Å². The predicted molar refractivity (Wildman–Crippen MR) is 90.0 cm³/mol. The molecule has 0 amide bonds. The molecule has 0 spiro atoms. The van der Waals surface area contributed by atoms with Crippen molar-refractivity contribution in [3.63, 3.8) is 0 Å². The first-order chi connectivity index (χ1) is 13.0. The Morgan fingerprint density at radius 1 is 0.643 bits per heavy atom. The van der Waals surface area contributed by atoms with Crippen molar-refractivity contribution < 1.29 is 31.1 Å². The third-order valence-corrected chi connectivity index (χ3v) is 4.39. The van der Waals surface area contributed by atoms with E-state index in [-0.39, 0.29) is 22.4 Å². The molecule has 4 aromatic rings. The van der Waals surface area contributed by atoms with Crippen LogP contribution in [0.4, 0.5) is 26.3 Å². The number of ketones is 1. The summed E-state index contributed by atoms with van der Waals surface area (Å²) in [7, 11) is 0. The van der Waals surface area contributed by atoms with Crippen molar-refractivity contribution in [3.05, 3.63) is 71.0 Å². The molecule has 3 nitrogen and oxygen atoms in total. The molecule has 0 fully saturated rings. The minimum atomic E-state index is -4.52. The van der Waals surface area contributed by atoms with Gasteiger partial charge in [-0.2, -0.15) is 26.3 Å². The number of benzene rings is 2. The van der Waals surface area contributed by atoms with E-state index in [0.29, 0.717) is 10.8 Å². The fourth-order valence-electron chi connectivity index (χ4n) is 3.00. The van der Waals surface area contributed by atoms with Gasteiger partial charge < -0.3 is 9.97 Å². The van der Waals surface area contributed by atoms with Crippen molar-refractivity contribution >= 4 is 27.6 Å². The van der Waals surface area contributed by atoms with Crippen LogP contribution in [0.1, 0.15) is 27.3 Å². The summed E-state index contributed by atoms with van der Waals surface area (Å²) in [5.74, 6) is -0.575. The first-order valence-electron chi connectivity index (χ1n) is 7.97. The van der Waals surface area contributed by atoms with Gasteiger partial charge in [0.05, 0.1) is 22.5 Å². The van der Waals surface area contributed by atoms with E-state index in [2.05, 4.69) is 9.97 Å². The molecule has 2 aromatic carbocycles. The molecule has 0 unspecified atom stereocenters. The number of aromatic nitrogens is 2. The van der Waals surface area contributed by atoms with Crippen molar-refractivity contribution in [1.82, 2.24) is 9.97 Å². The van der Waals surface area contributed by atoms with Crippen LogP contribution >= 0.6 is 0 Å². The van der Waals surface area contributed by atoms with Gasteiger partial charge in [0, 0.05) is 21.8 Å². The smallest absolute Gasteiger partial charge is 0.352 e. The van der Waals surface area contributed by atoms with Crippen LogP contribution in [0.3, 0.4) is 0 Å². The van der Waals surface area contributed by atoms with E-state index in [9.17, 15) is 31.1 Å². The quantitative estimate of drug-likeness (QED) is 0.321. The second-order valence-electron chi connectivity index (χ2n) is 6.29. The van der Waals surface area contributed by atoms with Crippen LogP contribution < -0.4 is 0 Å². The lowest BCUT2D eigenvalue weighted by molar-refractivity contribution is -0.138. The lowest BCUT2D eigenvalue weighted by atomic mass is 10.1. The molecule has 2 heterocycles. The molecule has 4 rings (SSSR count). The molecule has 0 saturated heterocycles. The fourth-order valence-corrected chi connectivity index (χ4v) is 3.00. The second-order valence-corrected chi connectivity index (χ2v) is 6.29. The molecule has 0 aliphatic carbocycles. The van der Waals surface area contributed by atoms with Crippen molar-refractivity contribution in [2.75, 3.05) is 0 Å². The third-order valence-electron chi connectivity index (χ3n) is 4.39. The van der Waals surface area contributed by atoms with E-state index in [1.165, 1.54) is 24.3 Å². The van der Waals surface area contributed by atoms with Crippen molar-refractivity contribution in [3.8, 4) is 0 Å². The van der Waals surface area contributed by atoms with Gasteiger partial charge in [-0.1, -0.05) is 12.1 Å². The predicted octanol–water partition coefficient (Wildman–Crippen LogP) is 5.92. The van der Waals surface area contributed by atoms with Gasteiger partial charge in [-0.05, 0) is 36.4 Å². The summed E-state index contributed by atoms with van der Waals surface area (Å²) < 4.78 is 76.9. The Kier molecular flexibility index (Phi) is 3.81. The number of alkyl halides is 6. The maximum Gasteiger partial charge on any atom is 0.416 e. The zero-order valence-electron chi connectivity index (χ0n) is 13.8. The summed E-state index contributed by atoms with van der Waals surface area (Å²) in [5, 5.41) is 0.818. The summed E-state index contributed by atoms with van der Waals surface area (Å²) in [6.45, 7) is 0. The molecule has 2 N–H and O–H groups in total. The van der Waals surface area contributed by atoms with E-state index >= 15 is 0 Å². The molecule has 0 radical (unpaired) electrons. The summed E-state index contributed by atoms with van der Waals surface area (Å²) in [6.07, 6.45) is -9.03. The van der Waals surface area contributed by atoms with Gasteiger partial charge in [0.25, 0.3) is 0 Å². The molecular formula is C19H10F6N2O. The number of halogens is 6. The average Bonchev–Trinajstić information content (AvgIpc) is 3.22. The Labute approximate surface area is 153 Å². The van der Waals surface area contributed by atoms with E-state index in [1.54, 1.807) is 0 Å². The average molecular weight is 396 g/mol. The largest absolute Gasteiger partial charge is 0.416 e. The number of rotatable bonds is 2. The molecule has 0 bridgehead atoms. The molecular weight excluding hydrogens is 386 g/mol. The first-order valence-corrected chi connectivity index (χ1v) is 7.97. The van der Waals surface area contributed by atoms with Crippen LogP contribution in [0.5, 0.6) is 0 Å². The van der Waals surface area contributed by atoms with Crippen LogP contribution in [-0.4, -0.2) is 15.8 Å². The van der Waals surface area contributed by atoms with Gasteiger partial charge in [-0.15, -0.1) is 0 Å². The summed E-state index contributed by atoms with van der Waals surface area (Å²) in [6, 6.07) is 8.88. The zero-order chi connectivity index (χ0) is 20.3. The Morgan fingerprint density at radius 2 is 1.04 bits per heavy atom. The fraction of sp³-hybridized carbons (Fsp3) is 0.105. The maximum absolute atomic E-state index is 12.8. The van der Waals surface area contributed by atoms with Crippen LogP contribution in [0, 0.1) is 0 Å². The van der Waals surface area contributed by atoms with Gasteiger partial charge in [0.2, 0.25) is 5.78 Å². The highest BCUT2D eigenvalue weighted by molar-refractivity contribution is 6.11. The molecule has 0 aliphatic rings. The number of hydrogen-bond donors (Lipinski definition) is 2. The van der Waals surface area contributed by atoms with Crippen LogP contribution in [0.2, 0.25) is 0 Å². The van der Waals surface area contributed by atoms with Gasteiger partial charge in [-0.25, -0.2) is 0 Å². The lowest BCUT2D eigenvalue weighted by Crippen LogP contribution is -2.04. The summed E-state index contributed by atoms with van der Waals surface area (Å²) in [4.78, 5) is 17.9. The number of H-pyrrole nitrogens is 2. The first kappa shape index (κ1) is 18.1. The van der Waals surface area contributed by atoms with Gasteiger partial charge in [-0.3, -0.25) is 4.79 Å². The highest BCUT2D eigenvalue weighted by Crippen LogP contribution is 2.33. The number of fused-ring (bicyclic) bond motifs is 2. The van der Waals surface area contributed by atoms with E-state index in [1.807, 2.05) is 0 Å². The van der Waals surface area contributed by atoms with Gasteiger partial charge >= 0.3 is 12.4 Å². The minimum absolute atomic E-state index is 0.0249. The van der Waals surface area contributed by atoms with Crippen LogP contribution in [0.15, 0.2) is 48.5 Å². The Bertz CT molecular complexity index is 1120. The molecule has 0 atom stereocenters. The van der Waals surface area contributed by atoms with E-state index < -0.39 is 29.3 Å². The number of carbonyl (C=O) groups excluding carboxylic acids is 1. The normalized spacial score (nSPS) is 12.8. The third kappa shape index (κ3) is 3.12. The SMILES string of the molecule is O=C(c1cc2ccc(C(F)(F)F)cc2[nH]1)c1cc2ccc(C(F)(F)F)cc2[nH]1. The van der Waals surface area contributed by atoms with Crippen LogP contribution in [-0.2, 0) is 12.4 Å². The molecule has 0 saturated carbocycles. The minimum Gasteiger partial charge on any atom is -0.352 e. The number of aromatic amines is 2. The molecule has 2 aromatic heterocycles. The number of hydrogen-bond acceptors (Lipinski definition) is 1. The summed E-state index contributed by atoms with van der Waals surface area (Å²) >= 11 is 0. The van der Waals surface area contributed by atoms with Crippen LogP contribution in [0.25, 0.3) is 21.8 Å². The number of carbonyl (C=O) groups is 1. The number of nitrogens with one attached hydrogen (secondary N) is 2. The Balaban J connectivity index is 1.72. The molecule has 9 heteroatoms. The van der Waals surface area contributed by atoms with Crippen molar-refractivity contribution in [1.29, 1.82) is 0 Å². The monoisotopic (exact) mass is 396 g/mol. The maximum atomic E-state index is 12.8. The van der Waals surface area contributed by atoms with Crippen molar-refractivity contribution in [2.24, 2.45) is 0 Å². The van der Waals surface area contributed by atoms with Gasteiger partial charge in [0.15, 0.2) is 0 Å². The highest BCUT2D eigenvalue weighted by atomic mass is 19.4. The van der Waals surface area contributed by atoms with E-state index in [4.69, 9.17) is 0 Å². The standard InChI is InChI=1S/C19H10F6N2O/c20-18(21,22)11-3-1-9-5-15(26-13(9)7-11)17(28)16-6-10-2-4-12(19(23,24)25)8-14(10)27-16/h1-8,26-27H. The van der Waals surface area contributed by atoms with Gasteiger partial charge in [0.1, 0.15) is 0 Å². The summed E-state index contributed by atoms with van der Waals surface area (Å²) in [5.41, 5.74) is -1.39. The zero-order valence-corrected chi connectivity index (χ0v) is 13.8. The molecule has 144 valence electrons. The van der Waals surface area contributed by atoms with Crippen molar-refractivity contribution in [2.45, 2.75) is 12.4 Å². The van der Waals surface area contributed by atoms with E-state index in [0.717, 1.165) is 24.3 Å². The Morgan fingerprint density at radius 3 is 1.39 bits per heavy atom. The highest BCUT2D eigenvalue weighted by Gasteiger charge is 2.31. The lowest BCUT2D eigenvalue weighted by Gasteiger charge is -2.05.